The Bertz CT molecular complexity index is 405. The standard InChI is InChI=1S/C14H18N2/c1-11-6-7-12(2)16(10-11)14-5-3-4-13(8-14)9-15/h3-5,8,11-12H,6-7,10H2,1-2H3. The Kier molecular flexibility index (Phi) is 3.14. The van der Waals surface area contributed by atoms with Crippen LogP contribution in [-0.4, -0.2) is 12.6 Å². The maximum atomic E-state index is 8.91. The monoisotopic (exact) mass is 214 g/mol. The first-order valence-electron chi connectivity index (χ1n) is 5.97. The molecule has 0 saturated carbocycles. The molecule has 0 aromatic heterocycles. The predicted molar refractivity (Wildman–Crippen MR) is 66.4 cm³/mol. The second-order valence-electron chi connectivity index (χ2n) is 4.85. The van der Waals surface area contributed by atoms with Crippen LogP contribution in [0.15, 0.2) is 24.3 Å². The molecule has 84 valence electrons. The van der Waals surface area contributed by atoms with Crippen molar-refractivity contribution < 1.29 is 0 Å². The van der Waals surface area contributed by atoms with E-state index in [1.54, 1.807) is 0 Å². The third-order valence-electron chi connectivity index (χ3n) is 3.42. The maximum absolute atomic E-state index is 8.91. The van der Waals surface area contributed by atoms with E-state index in [1.807, 2.05) is 18.2 Å². The van der Waals surface area contributed by atoms with Crippen LogP contribution in [0.1, 0.15) is 32.3 Å². The van der Waals surface area contributed by atoms with Gasteiger partial charge in [0.2, 0.25) is 0 Å². The second-order valence-corrected chi connectivity index (χ2v) is 4.85. The summed E-state index contributed by atoms with van der Waals surface area (Å²) in [6.07, 6.45) is 2.56. The van der Waals surface area contributed by atoms with Gasteiger partial charge in [-0.05, 0) is 43.9 Å². The van der Waals surface area contributed by atoms with Gasteiger partial charge in [0.15, 0.2) is 0 Å². The molecule has 0 spiro atoms. The van der Waals surface area contributed by atoms with Gasteiger partial charge in [0.1, 0.15) is 0 Å². The van der Waals surface area contributed by atoms with Crippen molar-refractivity contribution in [1.29, 1.82) is 5.26 Å². The van der Waals surface area contributed by atoms with Crippen LogP contribution >= 0.6 is 0 Å². The van der Waals surface area contributed by atoms with E-state index in [4.69, 9.17) is 5.26 Å². The quantitative estimate of drug-likeness (QED) is 0.718. The van der Waals surface area contributed by atoms with Crippen molar-refractivity contribution in [1.82, 2.24) is 0 Å². The Morgan fingerprint density at radius 1 is 1.31 bits per heavy atom. The van der Waals surface area contributed by atoms with Crippen LogP contribution in [0.3, 0.4) is 0 Å². The molecule has 1 aliphatic heterocycles. The molecule has 1 saturated heterocycles. The van der Waals surface area contributed by atoms with E-state index in [0.29, 0.717) is 6.04 Å². The van der Waals surface area contributed by atoms with Gasteiger partial charge in [-0.2, -0.15) is 5.26 Å². The van der Waals surface area contributed by atoms with Crippen molar-refractivity contribution in [2.75, 3.05) is 11.4 Å². The lowest BCUT2D eigenvalue weighted by molar-refractivity contribution is 0.390. The molecule has 0 radical (unpaired) electrons. The molecule has 16 heavy (non-hydrogen) atoms. The summed E-state index contributed by atoms with van der Waals surface area (Å²) in [5.41, 5.74) is 1.95. The smallest absolute Gasteiger partial charge is 0.0992 e. The molecule has 2 nitrogen and oxygen atoms in total. The number of hydrogen-bond acceptors (Lipinski definition) is 2. The summed E-state index contributed by atoms with van der Waals surface area (Å²) >= 11 is 0. The van der Waals surface area contributed by atoms with Crippen molar-refractivity contribution in [2.45, 2.75) is 32.7 Å². The summed E-state index contributed by atoms with van der Waals surface area (Å²) < 4.78 is 0. The molecule has 2 heteroatoms. The molecule has 1 fully saturated rings. The molecule has 1 aromatic rings. The van der Waals surface area contributed by atoms with E-state index < -0.39 is 0 Å². The predicted octanol–water partition coefficient (Wildman–Crippen LogP) is 3.18. The fourth-order valence-electron chi connectivity index (χ4n) is 2.40. The van der Waals surface area contributed by atoms with Crippen molar-refractivity contribution in [3.05, 3.63) is 29.8 Å². The Hall–Kier alpha value is -1.49. The minimum atomic E-state index is 0.588. The van der Waals surface area contributed by atoms with E-state index in [9.17, 15) is 0 Å². The van der Waals surface area contributed by atoms with Gasteiger partial charge in [0.05, 0.1) is 11.6 Å². The number of anilines is 1. The van der Waals surface area contributed by atoms with Crippen LogP contribution < -0.4 is 4.90 Å². The van der Waals surface area contributed by atoms with Crippen molar-refractivity contribution in [3.8, 4) is 6.07 Å². The van der Waals surface area contributed by atoms with Crippen LogP contribution in [0.25, 0.3) is 0 Å². The Morgan fingerprint density at radius 3 is 2.88 bits per heavy atom. The molecule has 1 heterocycles. The average Bonchev–Trinajstić information content (AvgIpc) is 2.32. The van der Waals surface area contributed by atoms with Crippen LogP contribution in [0, 0.1) is 17.2 Å². The highest BCUT2D eigenvalue weighted by molar-refractivity contribution is 5.52. The van der Waals surface area contributed by atoms with Gasteiger partial charge < -0.3 is 4.90 Å². The van der Waals surface area contributed by atoms with E-state index >= 15 is 0 Å². The third kappa shape index (κ3) is 2.19. The molecule has 0 amide bonds. The number of nitriles is 1. The zero-order valence-electron chi connectivity index (χ0n) is 9.98. The number of nitrogens with zero attached hydrogens (tertiary/aromatic N) is 2. The van der Waals surface area contributed by atoms with E-state index in [2.05, 4.69) is 30.9 Å². The third-order valence-corrected chi connectivity index (χ3v) is 3.42. The maximum Gasteiger partial charge on any atom is 0.0992 e. The van der Waals surface area contributed by atoms with Gasteiger partial charge >= 0.3 is 0 Å². The number of benzene rings is 1. The number of rotatable bonds is 1. The molecular weight excluding hydrogens is 196 g/mol. The lowest BCUT2D eigenvalue weighted by atomic mass is 9.94. The molecule has 1 aliphatic rings. The lowest BCUT2D eigenvalue weighted by Crippen LogP contribution is -2.41. The van der Waals surface area contributed by atoms with Crippen molar-refractivity contribution in [3.63, 3.8) is 0 Å². The first kappa shape index (κ1) is 11.0. The Morgan fingerprint density at radius 2 is 2.12 bits per heavy atom. The fraction of sp³-hybridized carbons (Fsp3) is 0.500. The summed E-state index contributed by atoms with van der Waals surface area (Å²) in [6, 6.07) is 10.7. The Labute approximate surface area is 97.5 Å². The topological polar surface area (TPSA) is 27.0 Å². The number of hydrogen-bond donors (Lipinski definition) is 0. The summed E-state index contributed by atoms with van der Waals surface area (Å²) in [6.45, 7) is 5.67. The summed E-state index contributed by atoms with van der Waals surface area (Å²) in [5.74, 6) is 0.752. The molecule has 1 aromatic carbocycles. The first-order chi connectivity index (χ1) is 7.70. The molecule has 2 atom stereocenters. The van der Waals surface area contributed by atoms with E-state index in [0.717, 1.165) is 18.0 Å². The molecule has 0 aliphatic carbocycles. The highest BCUT2D eigenvalue weighted by Gasteiger charge is 2.22. The molecule has 2 unspecified atom stereocenters. The molecule has 0 bridgehead atoms. The summed E-state index contributed by atoms with van der Waals surface area (Å²) in [5, 5.41) is 8.91. The molecule has 0 N–H and O–H groups in total. The Balaban J connectivity index is 2.25. The van der Waals surface area contributed by atoms with Gasteiger partial charge in [0, 0.05) is 18.3 Å². The molecule has 2 rings (SSSR count). The van der Waals surface area contributed by atoms with Crippen molar-refractivity contribution >= 4 is 5.69 Å². The largest absolute Gasteiger partial charge is 0.369 e. The van der Waals surface area contributed by atoms with Crippen LogP contribution in [-0.2, 0) is 0 Å². The van der Waals surface area contributed by atoms with Crippen molar-refractivity contribution in [2.24, 2.45) is 5.92 Å². The SMILES string of the molecule is CC1CCC(C)N(c2cccc(C#N)c2)C1. The fourth-order valence-corrected chi connectivity index (χ4v) is 2.40. The minimum Gasteiger partial charge on any atom is -0.369 e. The van der Waals surface area contributed by atoms with Gasteiger partial charge in [-0.15, -0.1) is 0 Å². The summed E-state index contributed by atoms with van der Waals surface area (Å²) in [4.78, 5) is 2.43. The normalized spacial score (nSPS) is 25.2. The first-order valence-corrected chi connectivity index (χ1v) is 5.97. The zero-order chi connectivity index (χ0) is 11.5. The van der Waals surface area contributed by atoms with Gasteiger partial charge in [0.25, 0.3) is 0 Å². The van der Waals surface area contributed by atoms with E-state index in [-0.39, 0.29) is 0 Å². The van der Waals surface area contributed by atoms with Crippen LogP contribution in [0.2, 0.25) is 0 Å². The average molecular weight is 214 g/mol. The lowest BCUT2D eigenvalue weighted by Gasteiger charge is -2.38. The second kappa shape index (κ2) is 4.57. The van der Waals surface area contributed by atoms with Gasteiger partial charge in [-0.3, -0.25) is 0 Å². The highest BCUT2D eigenvalue weighted by Crippen LogP contribution is 2.27. The van der Waals surface area contributed by atoms with Crippen LogP contribution in [0.5, 0.6) is 0 Å². The van der Waals surface area contributed by atoms with Gasteiger partial charge in [-0.1, -0.05) is 13.0 Å². The van der Waals surface area contributed by atoms with Gasteiger partial charge in [-0.25, -0.2) is 0 Å². The number of piperidine rings is 1. The van der Waals surface area contributed by atoms with E-state index in [1.165, 1.54) is 18.5 Å². The minimum absolute atomic E-state index is 0.588. The summed E-state index contributed by atoms with van der Waals surface area (Å²) in [7, 11) is 0. The zero-order valence-corrected chi connectivity index (χ0v) is 9.98. The van der Waals surface area contributed by atoms with Crippen LogP contribution in [0.4, 0.5) is 5.69 Å². The molecular formula is C14H18N2. The highest BCUT2D eigenvalue weighted by atomic mass is 15.2.